The first-order chi connectivity index (χ1) is 16.3. The third-order valence-electron chi connectivity index (χ3n) is 6.13. The third kappa shape index (κ3) is 4.83. The van der Waals surface area contributed by atoms with E-state index in [4.69, 9.17) is 9.47 Å². The first-order valence-electron chi connectivity index (χ1n) is 11.2. The van der Waals surface area contributed by atoms with Gasteiger partial charge in [0.05, 0.1) is 12.7 Å². The number of carbonyl (C=O) groups is 2. The summed E-state index contributed by atoms with van der Waals surface area (Å²) in [4.78, 5) is 25.2. The SMILES string of the molecule is COc1ccc(C(=O)OCC(=O)c2ccc3ccccc3c2)cc1S(=O)(=O)N1CCCC[C@@H]1C. The summed E-state index contributed by atoms with van der Waals surface area (Å²) in [6.45, 7) is 1.84. The highest BCUT2D eigenvalue weighted by Crippen LogP contribution is 2.32. The molecular weight excluding hydrogens is 454 g/mol. The first-order valence-corrected chi connectivity index (χ1v) is 12.6. The Morgan fingerprint density at radius 1 is 0.971 bits per heavy atom. The molecule has 34 heavy (non-hydrogen) atoms. The van der Waals surface area contributed by atoms with Gasteiger partial charge in [-0.05, 0) is 54.8 Å². The molecule has 8 heteroatoms. The third-order valence-corrected chi connectivity index (χ3v) is 8.17. The van der Waals surface area contributed by atoms with Gasteiger partial charge in [-0.2, -0.15) is 4.31 Å². The molecule has 1 saturated heterocycles. The van der Waals surface area contributed by atoms with Crippen molar-refractivity contribution >= 4 is 32.5 Å². The molecule has 0 aliphatic carbocycles. The maximum absolute atomic E-state index is 13.4. The lowest BCUT2D eigenvalue weighted by Gasteiger charge is -2.32. The molecular formula is C26H27NO6S. The highest BCUT2D eigenvalue weighted by Gasteiger charge is 2.33. The van der Waals surface area contributed by atoms with Gasteiger partial charge in [-0.3, -0.25) is 4.79 Å². The molecule has 0 spiro atoms. The van der Waals surface area contributed by atoms with Crippen molar-refractivity contribution in [3.8, 4) is 5.75 Å². The minimum absolute atomic E-state index is 0.0374. The summed E-state index contributed by atoms with van der Waals surface area (Å²) in [5.74, 6) is -0.968. The minimum Gasteiger partial charge on any atom is -0.495 e. The Labute approximate surface area is 199 Å². The molecule has 0 radical (unpaired) electrons. The van der Waals surface area contributed by atoms with Gasteiger partial charge in [-0.15, -0.1) is 0 Å². The van der Waals surface area contributed by atoms with Gasteiger partial charge in [0.25, 0.3) is 0 Å². The van der Waals surface area contributed by atoms with Crippen molar-refractivity contribution < 1.29 is 27.5 Å². The molecule has 3 aromatic rings. The van der Waals surface area contributed by atoms with Crippen molar-refractivity contribution in [1.29, 1.82) is 0 Å². The predicted octanol–water partition coefficient (Wildman–Crippen LogP) is 4.45. The monoisotopic (exact) mass is 481 g/mol. The van der Waals surface area contributed by atoms with E-state index in [-0.39, 0.29) is 28.0 Å². The number of piperidine rings is 1. The molecule has 1 atom stereocenters. The number of ether oxygens (including phenoxy) is 2. The van der Waals surface area contributed by atoms with Crippen molar-refractivity contribution in [3.63, 3.8) is 0 Å². The molecule has 0 unspecified atom stereocenters. The molecule has 178 valence electrons. The maximum atomic E-state index is 13.4. The fourth-order valence-electron chi connectivity index (χ4n) is 4.22. The van der Waals surface area contributed by atoms with Gasteiger partial charge in [-0.1, -0.05) is 42.8 Å². The lowest BCUT2D eigenvalue weighted by Crippen LogP contribution is -2.42. The van der Waals surface area contributed by atoms with Crippen LogP contribution in [-0.2, 0) is 14.8 Å². The Bertz CT molecular complexity index is 1330. The summed E-state index contributed by atoms with van der Waals surface area (Å²) in [6.07, 6.45) is 2.53. The summed E-state index contributed by atoms with van der Waals surface area (Å²) < 4.78 is 38.6. The van der Waals surface area contributed by atoms with E-state index < -0.39 is 22.6 Å². The Balaban J connectivity index is 1.52. The Hall–Kier alpha value is -3.23. The zero-order valence-electron chi connectivity index (χ0n) is 19.2. The normalized spacial score (nSPS) is 16.8. The van der Waals surface area contributed by atoms with E-state index in [1.165, 1.54) is 29.6 Å². The largest absolute Gasteiger partial charge is 0.495 e. The lowest BCUT2D eigenvalue weighted by molar-refractivity contribution is 0.0474. The van der Waals surface area contributed by atoms with Gasteiger partial charge in [0.15, 0.2) is 12.4 Å². The van der Waals surface area contributed by atoms with Crippen LogP contribution in [0.3, 0.4) is 0 Å². The van der Waals surface area contributed by atoms with E-state index in [0.717, 1.165) is 30.0 Å². The number of hydrogen-bond acceptors (Lipinski definition) is 6. The molecule has 1 aliphatic heterocycles. The summed E-state index contributed by atoms with van der Waals surface area (Å²) in [7, 11) is -2.49. The van der Waals surface area contributed by atoms with Crippen LogP contribution < -0.4 is 4.74 Å². The van der Waals surface area contributed by atoms with Crippen LogP contribution >= 0.6 is 0 Å². The molecule has 1 aliphatic rings. The summed E-state index contributed by atoms with van der Waals surface area (Å²) >= 11 is 0. The van der Waals surface area contributed by atoms with E-state index in [0.29, 0.717) is 12.1 Å². The molecule has 1 heterocycles. The Kier molecular flexibility index (Phi) is 7.00. The van der Waals surface area contributed by atoms with Crippen molar-refractivity contribution in [2.24, 2.45) is 0 Å². The summed E-state index contributed by atoms with van der Waals surface area (Å²) in [5.41, 5.74) is 0.471. The van der Waals surface area contributed by atoms with E-state index >= 15 is 0 Å². The smallest absolute Gasteiger partial charge is 0.338 e. The molecule has 0 bridgehead atoms. The van der Waals surface area contributed by atoms with Crippen LogP contribution in [0.4, 0.5) is 0 Å². The standard InChI is InChI=1S/C26H27NO6S/c1-18-7-5-6-14-27(18)34(30,31)25-16-22(12-13-24(25)32-2)26(29)33-17-23(28)21-11-10-19-8-3-4-9-20(19)15-21/h3-4,8-13,15-16,18H,5-7,14,17H2,1-2H3/t18-/m0/s1. The fraction of sp³-hybridized carbons (Fsp3) is 0.308. The van der Waals surface area contributed by atoms with Gasteiger partial charge < -0.3 is 9.47 Å². The van der Waals surface area contributed by atoms with Gasteiger partial charge >= 0.3 is 5.97 Å². The molecule has 7 nitrogen and oxygen atoms in total. The Morgan fingerprint density at radius 3 is 2.44 bits per heavy atom. The van der Waals surface area contributed by atoms with Crippen LogP contribution in [-0.4, -0.2) is 50.8 Å². The van der Waals surface area contributed by atoms with E-state index in [1.807, 2.05) is 37.3 Å². The summed E-state index contributed by atoms with van der Waals surface area (Å²) in [6, 6.07) is 16.9. The lowest BCUT2D eigenvalue weighted by atomic mass is 10.0. The van der Waals surface area contributed by atoms with E-state index in [9.17, 15) is 18.0 Å². The summed E-state index contributed by atoms with van der Waals surface area (Å²) in [5, 5.41) is 1.92. The molecule has 0 N–H and O–H groups in total. The number of benzene rings is 3. The van der Waals surface area contributed by atoms with Crippen LogP contribution in [0.2, 0.25) is 0 Å². The second-order valence-electron chi connectivity index (χ2n) is 8.39. The van der Waals surface area contributed by atoms with Crippen LogP contribution in [0.15, 0.2) is 65.6 Å². The molecule has 4 rings (SSSR count). The zero-order chi connectivity index (χ0) is 24.3. The molecule has 0 amide bonds. The highest BCUT2D eigenvalue weighted by atomic mass is 32.2. The maximum Gasteiger partial charge on any atom is 0.338 e. The van der Waals surface area contributed by atoms with Gasteiger partial charge in [0.2, 0.25) is 10.0 Å². The van der Waals surface area contributed by atoms with Crippen LogP contribution in [0.25, 0.3) is 10.8 Å². The zero-order valence-corrected chi connectivity index (χ0v) is 20.0. The average molecular weight is 482 g/mol. The van der Waals surface area contributed by atoms with Crippen molar-refractivity contribution in [1.82, 2.24) is 4.31 Å². The van der Waals surface area contributed by atoms with Crippen molar-refractivity contribution in [3.05, 3.63) is 71.8 Å². The van der Waals surface area contributed by atoms with Crippen molar-refractivity contribution in [2.75, 3.05) is 20.3 Å². The topological polar surface area (TPSA) is 90.0 Å². The number of ketones is 1. The number of fused-ring (bicyclic) bond motifs is 1. The number of nitrogens with zero attached hydrogens (tertiary/aromatic N) is 1. The van der Waals surface area contributed by atoms with Gasteiger partial charge in [0.1, 0.15) is 10.6 Å². The van der Waals surface area contributed by atoms with E-state index in [2.05, 4.69) is 0 Å². The number of hydrogen-bond donors (Lipinski definition) is 0. The fourth-order valence-corrected chi connectivity index (χ4v) is 6.10. The number of esters is 1. The molecule has 0 saturated carbocycles. The molecule has 0 aromatic heterocycles. The number of carbonyl (C=O) groups excluding carboxylic acids is 2. The number of Topliss-reactive ketones (excluding diaryl/α,β-unsaturated/α-hetero) is 1. The van der Waals surface area contributed by atoms with Crippen LogP contribution in [0, 0.1) is 0 Å². The van der Waals surface area contributed by atoms with Crippen LogP contribution in [0.1, 0.15) is 46.9 Å². The second kappa shape index (κ2) is 9.95. The van der Waals surface area contributed by atoms with E-state index in [1.54, 1.807) is 12.1 Å². The van der Waals surface area contributed by atoms with Gasteiger partial charge in [0, 0.05) is 18.2 Å². The highest BCUT2D eigenvalue weighted by molar-refractivity contribution is 7.89. The second-order valence-corrected chi connectivity index (χ2v) is 10.2. The molecule has 1 fully saturated rings. The minimum atomic E-state index is -3.87. The van der Waals surface area contributed by atoms with Crippen molar-refractivity contribution in [2.45, 2.75) is 37.1 Å². The Morgan fingerprint density at radius 2 is 1.71 bits per heavy atom. The molecule has 3 aromatic carbocycles. The average Bonchev–Trinajstić information content (AvgIpc) is 2.86. The van der Waals surface area contributed by atoms with Gasteiger partial charge in [-0.25, -0.2) is 13.2 Å². The predicted molar refractivity (Wildman–Crippen MR) is 129 cm³/mol. The first kappa shape index (κ1) is 23.9. The number of methoxy groups -OCH3 is 1. The quantitative estimate of drug-likeness (QED) is 0.366. The number of rotatable bonds is 7. The van der Waals surface area contributed by atoms with Crippen LogP contribution in [0.5, 0.6) is 5.75 Å². The number of sulfonamides is 1.